The number of imidazole rings is 1. The Morgan fingerprint density at radius 3 is 3.25 bits per heavy atom. The van der Waals surface area contributed by atoms with Crippen molar-refractivity contribution in [1.29, 1.82) is 0 Å². The van der Waals surface area contributed by atoms with Gasteiger partial charge in [-0.2, -0.15) is 0 Å². The SMILES string of the molecule is CCc1nccn1CCO[C@@H]1CCCCO1. The highest BCUT2D eigenvalue weighted by atomic mass is 16.7. The first-order valence-corrected chi connectivity index (χ1v) is 6.13. The van der Waals surface area contributed by atoms with Crippen molar-refractivity contribution in [3.05, 3.63) is 18.2 Å². The van der Waals surface area contributed by atoms with Gasteiger partial charge in [0.05, 0.1) is 6.61 Å². The first kappa shape index (κ1) is 11.6. The summed E-state index contributed by atoms with van der Waals surface area (Å²) in [4.78, 5) is 4.28. The molecule has 0 aliphatic carbocycles. The van der Waals surface area contributed by atoms with Crippen molar-refractivity contribution in [3.8, 4) is 0 Å². The Balaban J connectivity index is 1.71. The summed E-state index contributed by atoms with van der Waals surface area (Å²) in [5.41, 5.74) is 0. The van der Waals surface area contributed by atoms with Crippen molar-refractivity contribution in [2.24, 2.45) is 0 Å². The molecule has 0 spiro atoms. The third-order valence-electron chi connectivity index (χ3n) is 2.89. The van der Waals surface area contributed by atoms with Crippen LogP contribution >= 0.6 is 0 Å². The molecule has 1 atom stereocenters. The van der Waals surface area contributed by atoms with Gasteiger partial charge in [0.1, 0.15) is 5.82 Å². The second-order valence-electron chi connectivity index (χ2n) is 4.06. The predicted octanol–water partition coefficient (Wildman–Crippen LogP) is 1.99. The van der Waals surface area contributed by atoms with Crippen LogP contribution < -0.4 is 0 Å². The molecule has 90 valence electrons. The average molecular weight is 224 g/mol. The molecule has 2 heterocycles. The molecule has 1 aromatic heterocycles. The van der Waals surface area contributed by atoms with Crippen LogP contribution in [0.25, 0.3) is 0 Å². The third-order valence-corrected chi connectivity index (χ3v) is 2.89. The highest BCUT2D eigenvalue weighted by Crippen LogP contribution is 2.13. The van der Waals surface area contributed by atoms with Crippen LogP contribution in [0.4, 0.5) is 0 Å². The fraction of sp³-hybridized carbons (Fsp3) is 0.750. The van der Waals surface area contributed by atoms with Crippen LogP contribution in [-0.4, -0.2) is 29.1 Å². The highest BCUT2D eigenvalue weighted by Gasteiger charge is 2.13. The zero-order chi connectivity index (χ0) is 11.2. The van der Waals surface area contributed by atoms with Gasteiger partial charge in [-0.15, -0.1) is 0 Å². The van der Waals surface area contributed by atoms with E-state index in [1.165, 1.54) is 12.8 Å². The smallest absolute Gasteiger partial charge is 0.157 e. The van der Waals surface area contributed by atoms with E-state index in [2.05, 4.69) is 16.5 Å². The molecule has 1 saturated heterocycles. The van der Waals surface area contributed by atoms with Gasteiger partial charge in [0.15, 0.2) is 6.29 Å². The Morgan fingerprint density at radius 1 is 1.56 bits per heavy atom. The number of hydrogen-bond acceptors (Lipinski definition) is 3. The standard InChI is InChI=1S/C12H20N2O2/c1-2-11-13-6-7-14(11)8-10-16-12-5-3-4-9-15-12/h6-7,12H,2-5,8-10H2,1H3/t12-/m1/s1. The molecule has 0 unspecified atom stereocenters. The quantitative estimate of drug-likeness (QED) is 0.767. The summed E-state index contributed by atoms with van der Waals surface area (Å²) in [6, 6.07) is 0. The van der Waals surface area contributed by atoms with E-state index in [0.29, 0.717) is 6.61 Å². The molecule has 0 bridgehead atoms. The summed E-state index contributed by atoms with van der Waals surface area (Å²) < 4.78 is 13.3. The number of aromatic nitrogens is 2. The lowest BCUT2D eigenvalue weighted by Gasteiger charge is -2.22. The van der Waals surface area contributed by atoms with Crippen LogP contribution in [0.2, 0.25) is 0 Å². The molecule has 2 rings (SSSR count). The van der Waals surface area contributed by atoms with Crippen LogP contribution in [0.5, 0.6) is 0 Å². The van der Waals surface area contributed by atoms with Crippen LogP contribution in [-0.2, 0) is 22.4 Å². The molecule has 0 aromatic carbocycles. The topological polar surface area (TPSA) is 36.3 Å². The maximum atomic E-state index is 5.68. The summed E-state index contributed by atoms with van der Waals surface area (Å²) in [6.45, 7) is 4.52. The number of hydrogen-bond donors (Lipinski definition) is 0. The van der Waals surface area contributed by atoms with Crippen molar-refractivity contribution >= 4 is 0 Å². The van der Waals surface area contributed by atoms with Gasteiger partial charge >= 0.3 is 0 Å². The van der Waals surface area contributed by atoms with Crippen molar-refractivity contribution in [2.75, 3.05) is 13.2 Å². The van der Waals surface area contributed by atoms with E-state index in [9.17, 15) is 0 Å². The second kappa shape index (κ2) is 6.01. The highest BCUT2D eigenvalue weighted by molar-refractivity contribution is 4.91. The first-order valence-electron chi connectivity index (χ1n) is 6.13. The van der Waals surface area contributed by atoms with Gasteiger partial charge in [0.25, 0.3) is 0 Å². The van der Waals surface area contributed by atoms with Gasteiger partial charge in [-0.05, 0) is 19.3 Å². The van der Waals surface area contributed by atoms with E-state index < -0.39 is 0 Å². The number of nitrogens with zero attached hydrogens (tertiary/aromatic N) is 2. The Kier molecular flexibility index (Phi) is 4.36. The molecule has 0 radical (unpaired) electrons. The number of aryl methyl sites for hydroxylation is 1. The summed E-state index contributed by atoms with van der Waals surface area (Å²) >= 11 is 0. The van der Waals surface area contributed by atoms with Gasteiger partial charge in [-0.3, -0.25) is 0 Å². The zero-order valence-electron chi connectivity index (χ0n) is 9.89. The summed E-state index contributed by atoms with van der Waals surface area (Å²) in [5, 5.41) is 0. The number of rotatable bonds is 5. The molecule has 1 aromatic rings. The summed E-state index contributed by atoms with van der Waals surface area (Å²) in [5.74, 6) is 1.12. The van der Waals surface area contributed by atoms with Crippen LogP contribution in [0.1, 0.15) is 32.0 Å². The Hall–Kier alpha value is -0.870. The van der Waals surface area contributed by atoms with Crippen LogP contribution in [0, 0.1) is 0 Å². The normalized spacial score (nSPS) is 21.2. The van der Waals surface area contributed by atoms with E-state index >= 15 is 0 Å². The van der Waals surface area contributed by atoms with Gasteiger partial charge in [0, 0.05) is 32.0 Å². The second-order valence-corrected chi connectivity index (χ2v) is 4.06. The van der Waals surface area contributed by atoms with Gasteiger partial charge in [-0.25, -0.2) is 4.98 Å². The zero-order valence-corrected chi connectivity index (χ0v) is 9.89. The van der Waals surface area contributed by atoms with E-state index in [0.717, 1.165) is 31.8 Å². The van der Waals surface area contributed by atoms with Crippen molar-refractivity contribution in [3.63, 3.8) is 0 Å². The maximum Gasteiger partial charge on any atom is 0.157 e. The lowest BCUT2D eigenvalue weighted by atomic mass is 10.2. The summed E-state index contributed by atoms with van der Waals surface area (Å²) in [7, 11) is 0. The maximum absolute atomic E-state index is 5.68. The Morgan fingerprint density at radius 2 is 2.50 bits per heavy atom. The molecule has 1 aliphatic heterocycles. The molecular formula is C12H20N2O2. The van der Waals surface area contributed by atoms with Gasteiger partial charge in [0.2, 0.25) is 0 Å². The molecule has 16 heavy (non-hydrogen) atoms. The molecule has 1 fully saturated rings. The average Bonchev–Trinajstić information content (AvgIpc) is 2.78. The van der Waals surface area contributed by atoms with Crippen molar-refractivity contribution in [2.45, 2.75) is 45.4 Å². The van der Waals surface area contributed by atoms with E-state index in [-0.39, 0.29) is 6.29 Å². The van der Waals surface area contributed by atoms with Gasteiger partial charge < -0.3 is 14.0 Å². The predicted molar refractivity (Wildman–Crippen MR) is 61.1 cm³/mol. The molecule has 0 saturated carbocycles. The lowest BCUT2D eigenvalue weighted by molar-refractivity contribution is -0.163. The number of ether oxygens (including phenoxy) is 2. The monoisotopic (exact) mass is 224 g/mol. The van der Waals surface area contributed by atoms with Crippen LogP contribution in [0.3, 0.4) is 0 Å². The van der Waals surface area contributed by atoms with Gasteiger partial charge in [-0.1, -0.05) is 6.92 Å². The molecule has 0 amide bonds. The van der Waals surface area contributed by atoms with Crippen LogP contribution in [0.15, 0.2) is 12.4 Å². The minimum atomic E-state index is 0.0161. The fourth-order valence-corrected chi connectivity index (χ4v) is 1.98. The fourth-order valence-electron chi connectivity index (χ4n) is 1.98. The van der Waals surface area contributed by atoms with E-state index in [1.807, 2.05) is 12.4 Å². The van der Waals surface area contributed by atoms with E-state index in [4.69, 9.17) is 9.47 Å². The molecule has 0 N–H and O–H groups in total. The third kappa shape index (κ3) is 3.06. The van der Waals surface area contributed by atoms with Crippen molar-refractivity contribution in [1.82, 2.24) is 9.55 Å². The Bertz CT molecular complexity index is 306. The largest absolute Gasteiger partial charge is 0.353 e. The molecule has 1 aliphatic rings. The summed E-state index contributed by atoms with van der Waals surface area (Å²) in [6.07, 6.45) is 8.25. The first-order chi connectivity index (χ1) is 7.90. The minimum Gasteiger partial charge on any atom is -0.353 e. The molecular weight excluding hydrogens is 204 g/mol. The molecule has 4 nitrogen and oxygen atoms in total. The minimum absolute atomic E-state index is 0.0161. The molecule has 4 heteroatoms. The van der Waals surface area contributed by atoms with E-state index in [1.54, 1.807) is 0 Å². The Labute approximate surface area is 96.6 Å². The van der Waals surface area contributed by atoms with Crippen molar-refractivity contribution < 1.29 is 9.47 Å². The lowest BCUT2D eigenvalue weighted by Crippen LogP contribution is -2.24.